The normalized spacial score (nSPS) is 13.7. The fourth-order valence-corrected chi connectivity index (χ4v) is 3.03. The molecule has 3 N–H and O–H groups in total. The Balaban J connectivity index is 0.000000360. The molecule has 29 heavy (non-hydrogen) atoms. The Kier molecular flexibility index (Phi) is 8.17. The van der Waals surface area contributed by atoms with E-state index in [1.54, 1.807) is 29.2 Å². The van der Waals surface area contributed by atoms with Crippen molar-refractivity contribution in [2.24, 2.45) is 0 Å². The molecule has 1 aliphatic rings. The molecule has 0 aliphatic carbocycles. The highest BCUT2D eigenvalue weighted by Gasteiger charge is 2.16. The van der Waals surface area contributed by atoms with Crippen LogP contribution in [0.15, 0.2) is 29.3 Å². The lowest BCUT2D eigenvalue weighted by Crippen LogP contribution is -3.11. The number of rotatable bonds is 3. The Morgan fingerprint density at radius 3 is 2.17 bits per heavy atom. The van der Waals surface area contributed by atoms with Gasteiger partial charge in [-0.15, -0.1) is 0 Å². The van der Waals surface area contributed by atoms with Gasteiger partial charge in [-0.25, -0.2) is 0 Å². The third-order valence-electron chi connectivity index (χ3n) is 4.28. The number of hydrogen-bond acceptors (Lipinski definition) is 7. The Bertz CT molecular complexity index is 872. The number of ether oxygens (including phenoxy) is 2. The highest BCUT2D eigenvalue weighted by Crippen LogP contribution is 2.32. The van der Waals surface area contributed by atoms with Gasteiger partial charge in [0.2, 0.25) is 0 Å². The van der Waals surface area contributed by atoms with Crippen LogP contribution in [-0.4, -0.2) is 44.4 Å². The van der Waals surface area contributed by atoms with Crippen LogP contribution in [0.1, 0.15) is 25.0 Å². The van der Waals surface area contributed by atoms with Gasteiger partial charge in [-0.1, -0.05) is 17.2 Å². The molecule has 0 amide bonds. The molecule has 0 bridgehead atoms. The maximum Gasteiger partial charge on any atom is 0.140 e. The first-order valence-electron chi connectivity index (χ1n) is 9.34. The van der Waals surface area contributed by atoms with Gasteiger partial charge in [-0.3, -0.25) is 4.98 Å². The van der Waals surface area contributed by atoms with Crippen molar-refractivity contribution >= 4 is 18.4 Å². The monoisotopic (exact) mass is 411 g/mol. The first-order valence-corrected chi connectivity index (χ1v) is 9.75. The summed E-state index contributed by atoms with van der Waals surface area (Å²) in [6.45, 7) is 8.13. The fraction of sp³-hybridized carbons (Fsp3) is 0.381. The summed E-state index contributed by atoms with van der Waals surface area (Å²) in [5, 5.41) is 18.7. The molecule has 2 heterocycles. The number of quaternary nitrogens is 1. The average Bonchev–Trinajstić information content (AvgIpc) is 2.69. The van der Waals surface area contributed by atoms with Crippen molar-refractivity contribution in [3.05, 3.63) is 35.4 Å². The molecule has 1 fully saturated rings. The third-order valence-corrected chi connectivity index (χ3v) is 4.57. The van der Waals surface area contributed by atoms with E-state index in [-0.39, 0.29) is 28.1 Å². The van der Waals surface area contributed by atoms with Crippen LogP contribution in [0.3, 0.4) is 0 Å². The molecule has 3 rings (SSSR count). The molecule has 0 saturated carbocycles. The van der Waals surface area contributed by atoms with Gasteiger partial charge in [0.25, 0.3) is 0 Å². The van der Waals surface area contributed by atoms with E-state index in [9.17, 15) is 10.5 Å². The highest BCUT2D eigenvalue weighted by molar-refractivity contribution is 7.58. The third kappa shape index (κ3) is 6.03. The Hall–Kier alpha value is -2.91. The van der Waals surface area contributed by atoms with Crippen LogP contribution in [0.25, 0.3) is 11.1 Å². The number of nitriles is 2. The van der Waals surface area contributed by atoms with Gasteiger partial charge in [-0.2, -0.15) is 10.5 Å². The van der Waals surface area contributed by atoms with E-state index < -0.39 is 0 Å². The second-order valence-electron chi connectivity index (χ2n) is 6.91. The van der Waals surface area contributed by atoms with Crippen LogP contribution < -0.4 is 15.4 Å². The summed E-state index contributed by atoms with van der Waals surface area (Å²) >= 11 is 5.07. The Morgan fingerprint density at radius 1 is 1.14 bits per heavy atom. The second-order valence-corrected chi connectivity index (χ2v) is 7.30. The highest BCUT2D eigenvalue weighted by atomic mass is 32.1. The summed E-state index contributed by atoms with van der Waals surface area (Å²) in [5.41, 5.74) is 7.18. The topological polar surface area (TPSA) is 109 Å². The zero-order valence-corrected chi connectivity index (χ0v) is 17.7. The van der Waals surface area contributed by atoms with E-state index in [4.69, 9.17) is 27.8 Å². The van der Waals surface area contributed by atoms with Crippen molar-refractivity contribution in [1.82, 2.24) is 4.98 Å². The number of nitrogens with one attached hydrogen (secondary N) is 1. The van der Waals surface area contributed by atoms with Crippen LogP contribution >= 0.6 is 0 Å². The van der Waals surface area contributed by atoms with Gasteiger partial charge in [0.05, 0.1) is 38.0 Å². The number of morpholine rings is 1. The summed E-state index contributed by atoms with van der Waals surface area (Å²) in [6.07, 6.45) is 0.0611. The molecule has 1 aromatic carbocycles. The van der Waals surface area contributed by atoms with Crippen LogP contribution in [-0.2, 0) is 17.4 Å². The largest absolute Gasteiger partial charge is 0.759 e. The summed E-state index contributed by atoms with van der Waals surface area (Å²) in [7, 11) is 2.20. The maximum atomic E-state index is 9.31. The van der Waals surface area contributed by atoms with Gasteiger partial charge in [0, 0.05) is 5.56 Å². The number of hydrogen-bond donors (Lipinski definition) is 2. The van der Waals surface area contributed by atoms with E-state index in [1.807, 2.05) is 26.0 Å². The van der Waals surface area contributed by atoms with Crippen LogP contribution in [0, 0.1) is 22.7 Å². The van der Waals surface area contributed by atoms with Crippen molar-refractivity contribution in [2.75, 3.05) is 39.1 Å². The van der Waals surface area contributed by atoms with E-state index >= 15 is 0 Å². The molecule has 0 atom stereocenters. The molecule has 0 spiro atoms. The van der Waals surface area contributed by atoms with Crippen molar-refractivity contribution in [2.45, 2.75) is 25.0 Å². The number of nitrogen functional groups attached to an aromatic ring is 1. The molecule has 7 nitrogen and oxygen atoms in total. The van der Waals surface area contributed by atoms with E-state index in [0.717, 1.165) is 13.2 Å². The molecule has 0 unspecified atom stereocenters. The summed E-state index contributed by atoms with van der Waals surface area (Å²) in [6, 6.07) is 11.1. The van der Waals surface area contributed by atoms with Crippen LogP contribution in [0.4, 0.5) is 5.82 Å². The molecular formula is C21H25N5O2S. The maximum absolute atomic E-state index is 9.31. The van der Waals surface area contributed by atoms with Crippen molar-refractivity contribution < 1.29 is 14.4 Å². The predicted molar refractivity (Wildman–Crippen MR) is 112 cm³/mol. The lowest BCUT2D eigenvalue weighted by Gasteiger charge is -2.18. The van der Waals surface area contributed by atoms with Crippen LogP contribution in [0.5, 0.6) is 5.75 Å². The number of pyridine rings is 1. The van der Waals surface area contributed by atoms with E-state index in [1.165, 1.54) is 13.1 Å². The van der Waals surface area contributed by atoms with Gasteiger partial charge in [-0.05, 0) is 31.5 Å². The average molecular weight is 412 g/mol. The number of benzene rings is 1. The molecule has 1 aliphatic heterocycles. The predicted octanol–water partition coefficient (Wildman–Crippen LogP) is 1.30. The van der Waals surface area contributed by atoms with Gasteiger partial charge in [0.15, 0.2) is 0 Å². The number of likely N-dealkylation sites (N-methyl/N-ethyl adjacent to an activating group) is 1. The standard InChI is InChI=1S/C16H14N4OS.C5H11NO/c1-9(2)21-11-5-3-10(4-6-11)14-12(7-17)15(19)20-16(22)13(14)8-18;1-6-2-4-7-5-3-6/h3-6,9H,1-2H3,(H3,19,20,22);2-5H2,1H3. The Labute approximate surface area is 177 Å². The van der Waals surface area contributed by atoms with Gasteiger partial charge < -0.3 is 32.7 Å². The van der Waals surface area contributed by atoms with Crippen molar-refractivity contribution in [1.29, 1.82) is 10.5 Å². The summed E-state index contributed by atoms with van der Waals surface area (Å²) < 4.78 is 10.7. The minimum Gasteiger partial charge on any atom is -0.759 e. The lowest BCUT2D eigenvalue weighted by atomic mass is 9.97. The quantitative estimate of drug-likeness (QED) is 0.733. The number of nitrogens with two attached hydrogens (primary N) is 1. The van der Waals surface area contributed by atoms with Gasteiger partial charge >= 0.3 is 0 Å². The lowest BCUT2D eigenvalue weighted by molar-refractivity contribution is -0.888. The SMILES string of the molecule is CC(C)Oc1ccc(-c2c(C#N)c(N)nc([S-])c2C#N)cc1.C[NH+]1CCOCC1. The smallest absolute Gasteiger partial charge is 0.140 e. The minimum absolute atomic E-state index is 0.0315. The molecule has 8 heteroatoms. The van der Waals surface area contributed by atoms with Crippen molar-refractivity contribution in [3.8, 4) is 29.0 Å². The summed E-state index contributed by atoms with van der Waals surface area (Å²) in [5.74, 6) is 0.736. The van der Waals surface area contributed by atoms with E-state index in [2.05, 4.69) is 12.0 Å². The van der Waals surface area contributed by atoms with Crippen LogP contribution in [0.2, 0.25) is 0 Å². The number of anilines is 1. The molecule has 1 aromatic heterocycles. The Morgan fingerprint density at radius 2 is 1.72 bits per heavy atom. The molecule has 2 aromatic rings. The molecule has 152 valence electrons. The van der Waals surface area contributed by atoms with E-state index in [0.29, 0.717) is 16.9 Å². The van der Waals surface area contributed by atoms with Gasteiger partial charge in [0.1, 0.15) is 36.3 Å². The first-order chi connectivity index (χ1) is 13.9. The summed E-state index contributed by atoms with van der Waals surface area (Å²) in [4.78, 5) is 5.47. The fourth-order valence-electron chi connectivity index (χ4n) is 2.78. The molecule has 1 saturated heterocycles. The zero-order valence-electron chi connectivity index (χ0n) is 16.9. The number of nitrogens with zero attached hydrogens (tertiary/aromatic N) is 3. The zero-order chi connectivity index (χ0) is 21.4. The molecular weight excluding hydrogens is 386 g/mol. The van der Waals surface area contributed by atoms with Crippen molar-refractivity contribution in [3.63, 3.8) is 0 Å². The number of aromatic nitrogens is 1. The minimum atomic E-state index is 0.0315. The first kappa shape index (κ1) is 22.4. The second kappa shape index (κ2) is 10.6. The molecule has 0 radical (unpaired) electrons.